The highest BCUT2D eigenvalue weighted by molar-refractivity contribution is 6.03. The van der Waals surface area contributed by atoms with Crippen LogP contribution in [0.2, 0.25) is 0 Å². The van der Waals surface area contributed by atoms with Gasteiger partial charge in [-0.3, -0.25) is 9.59 Å². The lowest BCUT2D eigenvalue weighted by Crippen LogP contribution is -2.48. The number of hydrogen-bond acceptors (Lipinski definition) is 5. The van der Waals surface area contributed by atoms with Gasteiger partial charge in [-0.05, 0) is 12.1 Å². The molecule has 1 saturated heterocycles. The van der Waals surface area contributed by atoms with Crippen molar-refractivity contribution in [3.8, 4) is 0 Å². The first kappa shape index (κ1) is 18.6. The summed E-state index contributed by atoms with van der Waals surface area (Å²) in [5, 5.41) is 2.16. The minimum Gasteiger partial charge on any atom is -0.353 e. The summed E-state index contributed by atoms with van der Waals surface area (Å²) < 4.78 is 40.0. The molecule has 0 atom stereocenters. The second kappa shape index (κ2) is 7.60. The maximum atomic E-state index is 13.7. The number of piperazine rings is 1. The van der Waals surface area contributed by atoms with E-state index in [2.05, 4.69) is 15.3 Å². The van der Waals surface area contributed by atoms with Crippen molar-refractivity contribution in [1.82, 2.24) is 14.9 Å². The summed E-state index contributed by atoms with van der Waals surface area (Å²) in [7, 11) is 0. The Morgan fingerprint density at radius 1 is 1.04 bits per heavy atom. The highest BCUT2D eigenvalue weighted by Gasteiger charge is 2.21. The van der Waals surface area contributed by atoms with Crippen molar-refractivity contribution < 1.29 is 22.8 Å². The first-order valence-corrected chi connectivity index (χ1v) is 8.14. The Morgan fingerprint density at radius 2 is 1.74 bits per heavy atom. The lowest BCUT2D eigenvalue weighted by Gasteiger charge is -2.34. The van der Waals surface area contributed by atoms with Gasteiger partial charge in [-0.15, -0.1) is 0 Å². The largest absolute Gasteiger partial charge is 0.353 e. The third kappa shape index (κ3) is 3.99. The molecule has 0 aliphatic carbocycles. The molecule has 27 heavy (non-hydrogen) atoms. The molecule has 2 aromatic rings. The average molecular weight is 379 g/mol. The molecule has 2 amide bonds. The first-order chi connectivity index (χ1) is 12.9. The zero-order valence-electron chi connectivity index (χ0n) is 14.4. The fraction of sp³-hybridized carbons (Fsp3) is 0.294. The summed E-state index contributed by atoms with van der Waals surface area (Å²) in [5.41, 5.74) is -0.549. The highest BCUT2D eigenvalue weighted by atomic mass is 19.2. The van der Waals surface area contributed by atoms with Crippen LogP contribution in [0.1, 0.15) is 17.4 Å². The Balaban J connectivity index is 1.73. The summed E-state index contributed by atoms with van der Waals surface area (Å²) in [4.78, 5) is 35.2. The molecule has 1 fully saturated rings. The normalized spacial score (nSPS) is 14.2. The van der Waals surface area contributed by atoms with Crippen LogP contribution < -0.4 is 10.2 Å². The predicted molar refractivity (Wildman–Crippen MR) is 90.8 cm³/mol. The Labute approximate surface area is 152 Å². The molecule has 1 aliphatic heterocycles. The van der Waals surface area contributed by atoms with Crippen LogP contribution in [0.5, 0.6) is 0 Å². The van der Waals surface area contributed by atoms with Gasteiger partial charge >= 0.3 is 0 Å². The van der Waals surface area contributed by atoms with Crippen molar-refractivity contribution in [2.75, 3.05) is 36.4 Å². The van der Waals surface area contributed by atoms with E-state index in [9.17, 15) is 22.8 Å². The van der Waals surface area contributed by atoms with E-state index in [1.807, 2.05) is 4.90 Å². The number of anilines is 2. The zero-order chi connectivity index (χ0) is 19.6. The number of amides is 2. The van der Waals surface area contributed by atoms with Gasteiger partial charge in [0.05, 0.1) is 5.69 Å². The molecule has 1 aromatic heterocycles. The van der Waals surface area contributed by atoms with E-state index in [-0.39, 0.29) is 11.6 Å². The molecular weight excluding hydrogens is 363 g/mol. The van der Waals surface area contributed by atoms with E-state index in [1.54, 1.807) is 4.90 Å². The van der Waals surface area contributed by atoms with Gasteiger partial charge in [0.25, 0.3) is 5.91 Å². The fourth-order valence-corrected chi connectivity index (χ4v) is 2.70. The molecule has 0 saturated carbocycles. The van der Waals surface area contributed by atoms with Crippen molar-refractivity contribution in [1.29, 1.82) is 0 Å². The quantitative estimate of drug-likeness (QED) is 0.823. The Bertz CT molecular complexity index is 885. The number of nitrogens with one attached hydrogen (secondary N) is 1. The van der Waals surface area contributed by atoms with E-state index < -0.39 is 29.0 Å². The lowest BCUT2D eigenvalue weighted by atomic mass is 10.2. The molecule has 1 N–H and O–H groups in total. The minimum atomic E-state index is -1.67. The van der Waals surface area contributed by atoms with Gasteiger partial charge in [-0.25, -0.2) is 23.1 Å². The number of aromatic nitrogens is 2. The maximum Gasteiger partial charge on any atom is 0.274 e. The molecule has 1 aliphatic rings. The average Bonchev–Trinajstić information content (AvgIpc) is 2.68. The molecular formula is C17H16F3N5O2. The Morgan fingerprint density at radius 3 is 2.41 bits per heavy atom. The third-order valence-electron chi connectivity index (χ3n) is 4.22. The van der Waals surface area contributed by atoms with Crippen LogP contribution in [0.25, 0.3) is 0 Å². The van der Waals surface area contributed by atoms with Crippen molar-refractivity contribution in [2.24, 2.45) is 0 Å². The van der Waals surface area contributed by atoms with E-state index in [0.717, 1.165) is 6.07 Å². The van der Waals surface area contributed by atoms with Crippen LogP contribution >= 0.6 is 0 Å². The standard InChI is InChI=1S/C17H16F3N5O2/c1-10(26)24-4-6-25(7-5-24)14-8-13(21-9-22-14)17(27)23-12-3-2-11(18)15(19)16(12)20/h2-3,8-9H,4-7H2,1H3,(H,23,27). The van der Waals surface area contributed by atoms with Crippen molar-refractivity contribution in [3.05, 3.63) is 47.7 Å². The van der Waals surface area contributed by atoms with E-state index in [0.29, 0.717) is 38.1 Å². The summed E-state index contributed by atoms with van der Waals surface area (Å²) in [6.45, 7) is 3.63. The number of hydrogen-bond donors (Lipinski definition) is 1. The van der Waals surface area contributed by atoms with E-state index in [1.165, 1.54) is 19.3 Å². The van der Waals surface area contributed by atoms with Crippen molar-refractivity contribution >= 4 is 23.3 Å². The Kier molecular flexibility index (Phi) is 5.24. The molecule has 0 unspecified atom stereocenters. The minimum absolute atomic E-state index is 0.00837. The second-order valence-electron chi connectivity index (χ2n) is 5.93. The second-order valence-corrected chi connectivity index (χ2v) is 5.93. The van der Waals surface area contributed by atoms with Gasteiger partial charge < -0.3 is 15.1 Å². The van der Waals surface area contributed by atoms with Crippen LogP contribution in [-0.2, 0) is 4.79 Å². The van der Waals surface area contributed by atoms with Gasteiger partial charge in [0, 0.05) is 39.2 Å². The molecule has 2 heterocycles. The molecule has 142 valence electrons. The van der Waals surface area contributed by atoms with Crippen LogP contribution in [0.3, 0.4) is 0 Å². The SMILES string of the molecule is CC(=O)N1CCN(c2cc(C(=O)Nc3ccc(F)c(F)c3F)ncn2)CC1. The van der Waals surface area contributed by atoms with Crippen molar-refractivity contribution in [3.63, 3.8) is 0 Å². The third-order valence-corrected chi connectivity index (χ3v) is 4.22. The first-order valence-electron chi connectivity index (χ1n) is 8.14. The van der Waals surface area contributed by atoms with Gasteiger partial charge in [-0.2, -0.15) is 0 Å². The molecule has 0 radical (unpaired) electrons. The molecule has 1 aromatic carbocycles. The summed E-state index contributed by atoms with van der Waals surface area (Å²) in [5.74, 6) is -4.82. The monoisotopic (exact) mass is 379 g/mol. The molecule has 10 heteroatoms. The topological polar surface area (TPSA) is 78.4 Å². The predicted octanol–water partition coefficient (Wildman–Crippen LogP) is 1.81. The number of benzene rings is 1. The summed E-state index contributed by atoms with van der Waals surface area (Å²) >= 11 is 0. The Hall–Kier alpha value is -3.17. The van der Waals surface area contributed by atoms with Gasteiger partial charge in [-0.1, -0.05) is 0 Å². The number of nitrogens with zero attached hydrogens (tertiary/aromatic N) is 4. The number of carbonyl (C=O) groups is 2. The van der Waals surface area contributed by atoms with E-state index >= 15 is 0 Å². The number of carbonyl (C=O) groups excluding carboxylic acids is 2. The summed E-state index contributed by atoms with van der Waals surface area (Å²) in [6.07, 6.45) is 1.18. The smallest absolute Gasteiger partial charge is 0.274 e. The van der Waals surface area contributed by atoms with Crippen LogP contribution in [0.4, 0.5) is 24.7 Å². The maximum absolute atomic E-state index is 13.7. The summed E-state index contributed by atoms with van der Waals surface area (Å²) in [6, 6.07) is 3.05. The number of rotatable bonds is 3. The zero-order valence-corrected chi connectivity index (χ0v) is 14.4. The lowest BCUT2D eigenvalue weighted by molar-refractivity contribution is -0.129. The van der Waals surface area contributed by atoms with Gasteiger partial charge in [0.2, 0.25) is 5.91 Å². The van der Waals surface area contributed by atoms with Crippen LogP contribution in [0, 0.1) is 17.5 Å². The fourth-order valence-electron chi connectivity index (χ4n) is 2.70. The van der Waals surface area contributed by atoms with Gasteiger partial charge in [0.1, 0.15) is 17.8 Å². The molecule has 3 rings (SSSR count). The van der Waals surface area contributed by atoms with Gasteiger partial charge in [0.15, 0.2) is 17.5 Å². The number of halogens is 3. The highest BCUT2D eigenvalue weighted by Crippen LogP contribution is 2.21. The van der Waals surface area contributed by atoms with Crippen molar-refractivity contribution in [2.45, 2.75) is 6.92 Å². The van der Waals surface area contributed by atoms with Crippen LogP contribution in [0.15, 0.2) is 24.5 Å². The molecule has 0 bridgehead atoms. The molecule has 0 spiro atoms. The van der Waals surface area contributed by atoms with E-state index in [4.69, 9.17) is 0 Å². The van der Waals surface area contributed by atoms with Crippen LogP contribution in [-0.4, -0.2) is 52.9 Å². The molecule has 7 nitrogen and oxygen atoms in total.